The van der Waals surface area contributed by atoms with Crippen LogP contribution in [0.2, 0.25) is 5.02 Å². The van der Waals surface area contributed by atoms with E-state index in [4.69, 9.17) is 16.7 Å². The minimum atomic E-state index is -0.807. The molecule has 0 spiro atoms. The molecule has 3 rings (SSSR count). The molecule has 6 nitrogen and oxygen atoms in total. The Kier molecular flexibility index (Phi) is 5.60. The first-order valence-corrected chi connectivity index (χ1v) is 8.19. The van der Waals surface area contributed by atoms with Crippen LogP contribution in [0, 0.1) is 0 Å². The molecule has 0 unspecified atom stereocenters. The van der Waals surface area contributed by atoms with Crippen molar-refractivity contribution in [2.45, 2.75) is 19.8 Å². The highest BCUT2D eigenvalue weighted by molar-refractivity contribution is 6.30. The van der Waals surface area contributed by atoms with Crippen molar-refractivity contribution >= 4 is 23.3 Å². The van der Waals surface area contributed by atoms with Gasteiger partial charge >= 0.3 is 0 Å². The van der Waals surface area contributed by atoms with Crippen LogP contribution in [0.4, 0.5) is 10.2 Å². The van der Waals surface area contributed by atoms with E-state index < -0.39 is 12.6 Å². The summed E-state index contributed by atoms with van der Waals surface area (Å²) in [6.45, 7) is -0.629. The number of pyridine rings is 1. The highest BCUT2D eigenvalue weighted by Crippen LogP contribution is 2.15. The predicted octanol–water partition coefficient (Wildman–Crippen LogP) is 3.19. The highest BCUT2D eigenvalue weighted by Gasteiger charge is 2.12. The van der Waals surface area contributed by atoms with Crippen molar-refractivity contribution in [3.63, 3.8) is 0 Å². The lowest BCUT2D eigenvalue weighted by molar-refractivity contribution is 0.102. The van der Waals surface area contributed by atoms with Gasteiger partial charge in [0.1, 0.15) is 6.67 Å². The van der Waals surface area contributed by atoms with Crippen LogP contribution in [-0.4, -0.2) is 25.5 Å². The molecule has 2 N–H and O–H groups in total. The van der Waals surface area contributed by atoms with Gasteiger partial charge in [-0.05, 0) is 23.8 Å². The van der Waals surface area contributed by atoms with Crippen molar-refractivity contribution in [3.05, 3.63) is 76.5 Å². The molecule has 0 aliphatic carbocycles. The van der Waals surface area contributed by atoms with E-state index in [-0.39, 0.29) is 23.4 Å². The SMILES string of the molecule is O=C(Nc1cn(Cc2cccc(Cl)c2)cn1)c1cnc(CO)c(CF)c1. The molecule has 0 saturated carbocycles. The number of benzene rings is 1. The molecule has 1 aromatic carbocycles. The molecule has 8 heteroatoms. The monoisotopic (exact) mass is 374 g/mol. The van der Waals surface area contributed by atoms with Crippen molar-refractivity contribution < 1.29 is 14.3 Å². The quantitative estimate of drug-likeness (QED) is 0.694. The number of aromatic nitrogens is 3. The van der Waals surface area contributed by atoms with Gasteiger partial charge in [0, 0.05) is 29.5 Å². The summed E-state index contributed by atoms with van der Waals surface area (Å²) >= 11 is 5.97. The Labute approximate surface area is 154 Å². The van der Waals surface area contributed by atoms with E-state index in [1.54, 1.807) is 23.2 Å². The number of alkyl halides is 1. The number of carbonyl (C=O) groups is 1. The molecule has 2 aromatic heterocycles. The topological polar surface area (TPSA) is 80.0 Å². The van der Waals surface area contributed by atoms with Gasteiger partial charge in [-0.2, -0.15) is 0 Å². The third-order valence-electron chi connectivity index (χ3n) is 3.74. The lowest BCUT2D eigenvalue weighted by Crippen LogP contribution is -2.13. The van der Waals surface area contributed by atoms with Gasteiger partial charge in [-0.15, -0.1) is 0 Å². The van der Waals surface area contributed by atoms with Crippen LogP contribution in [-0.2, 0) is 19.8 Å². The molecule has 0 atom stereocenters. The Bertz CT molecular complexity index is 929. The molecular weight excluding hydrogens is 359 g/mol. The van der Waals surface area contributed by atoms with Crippen molar-refractivity contribution in [1.82, 2.24) is 14.5 Å². The Morgan fingerprint density at radius 1 is 1.31 bits per heavy atom. The van der Waals surface area contributed by atoms with Crippen LogP contribution in [0.3, 0.4) is 0 Å². The van der Waals surface area contributed by atoms with Gasteiger partial charge in [0.15, 0.2) is 5.82 Å². The summed E-state index contributed by atoms with van der Waals surface area (Å²) in [6, 6.07) is 8.83. The predicted molar refractivity (Wildman–Crippen MR) is 95.7 cm³/mol. The highest BCUT2D eigenvalue weighted by atomic mass is 35.5. The van der Waals surface area contributed by atoms with Crippen LogP contribution in [0.5, 0.6) is 0 Å². The standard InChI is InChI=1S/C18H16ClFN4O2/c19-15-3-1-2-12(4-15)8-24-9-17(22-11-24)23-18(26)14-5-13(6-20)16(10-25)21-7-14/h1-5,7,9,11,25H,6,8,10H2,(H,23,26). The number of imidazole rings is 1. The van der Waals surface area contributed by atoms with E-state index in [2.05, 4.69) is 15.3 Å². The van der Waals surface area contributed by atoms with Crippen LogP contribution < -0.4 is 5.32 Å². The van der Waals surface area contributed by atoms with E-state index >= 15 is 0 Å². The minimum Gasteiger partial charge on any atom is -0.390 e. The van der Waals surface area contributed by atoms with Gasteiger partial charge in [0.25, 0.3) is 5.91 Å². The molecule has 134 valence electrons. The van der Waals surface area contributed by atoms with Gasteiger partial charge in [-0.25, -0.2) is 9.37 Å². The minimum absolute atomic E-state index is 0.187. The summed E-state index contributed by atoms with van der Waals surface area (Å²) in [5.74, 6) is -0.0882. The first kappa shape index (κ1) is 18.0. The fraction of sp³-hybridized carbons (Fsp3) is 0.167. The second-order valence-electron chi connectivity index (χ2n) is 5.64. The van der Waals surface area contributed by atoms with E-state index in [0.29, 0.717) is 17.4 Å². The van der Waals surface area contributed by atoms with Crippen LogP contribution in [0.15, 0.2) is 49.1 Å². The fourth-order valence-electron chi connectivity index (χ4n) is 2.47. The number of hydrogen-bond acceptors (Lipinski definition) is 4. The largest absolute Gasteiger partial charge is 0.390 e. The molecule has 0 saturated heterocycles. The lowest BCUT2D eigenvalue weighted by atomic mass is 10.1. The average Bonchev–Trinajstić information content (AvgIpc) is 3.07. The van der Waals surface area contributed by atoms with E-state index in [1.807, 2.05) is 18.2 Å². The molecule has 0 bridgehead atoms. The normalized spacial score (nSPS) is 10.7. The van der Waals surface area contributed by atoms with Crippen LogP contribution >= 0.6 is 11.6 Å². The molecule has 26 heavy (non-hydrogen) atoms. The summed E-state index contributed by atoms with van der Waals surface area (Å²) in [6.07, 6.45) is 4.57. The summed E-state index contributed by atoms with van der Waals surface area (Å²) in [5.41, 5.74) is 1.60. The van der Waals surface area contributed by atoms with Crippen LogP contribution in [0.25, 0.3) is 0 Å². The average molecular weight is 375 g/mol. The molecule has 0 radical (unpaired) electrons. The Hall–Kier alpha value is -2.77. The summed E-state index contributed by atoms with van der Waals surface area (Å²) in [5, 5.41) is 12.4. The molecule has 3 aromatic rings. The Morgan fingerprint density at radius 3 is 2.88 bits per heavy atom. The summed E-state index contributed by atoms with van der Waals surface area (Å²) < 4.78 is 14.8. The van der Waals surface area contributed by atoms with Gasteiger partial charge in [0.05, 0.1) is 24.2 Å². The van der Waals surface area contributed by atoms with E-state index in [0.717, 1.165) is 5.56 Å². The fourth-order valence-corrected chi connectivity index (χ4v) is 2.68. The maximum absolute atomic E-state index is 13.0. The first-order valence-electron chi connectivity index (χ1n) is 7.81. The van der Waals surface area contributed by atoms with Crippen LogP contribution in [0.1, 0.15) is 27.2 Å². The summed E-state index contributed by atoms with van der Waals surface area (Å²) in [4.78, 5) is 20.3. The zero-order chi connectivity index (χ0) is 18.5. The van der Waals surface area contributed by atoms with Crippen molar-refractivity contribution in [2.24, 2.45) is 0 Å². The number of halogens is 2. The zero-order valence-electron chi connectivity index (χ0n) is 13.7. The molecule has 2 heterocycles. The third kappa shape index (κ3) is 4.25. The Morgan fingerprint density at radius 2 is 2.15 bits per heavy atom. The molecule has 1 amide bonds. The number of carbonyl (C=O) groups excluding carboxylic acids is 1. The first-order chi connectivity index (χ1) is 12.6. The number of rotatable bonds is 6. The van der Waals surface area contributed by atoms with E-state index in [1.165, 1.54) is 12.3 Å². The van der Waals surface area contributed by atoms with E-state index in [9.17, 15) is 9.18 Å². The van der Waals surface area contributed by atoms with Crippen molar-refractivity contribution in [1.29, 1.82) is 0 Å². The zero-order valence-corrected chi connectivity index (χ0v) is 14.4. The molecule has 0 aliphatic rings. The molecule has 0 aliphatic heterocycles. The lowest BCUT2D eigenvalue weighted by Gasteiger charge is -2.06. The second kappa shape index (κ2) is 8.07. The summed E-state index contributed by atoms with van der Waals surface area (Å²) in [7, 11) is 0. The number of anilines is 1. The maximum atomic E-state index is 13.0. The maximum Gasteiger partial charge on any atom is 0.258 e. The smallest absolute Gasteiger partial charge is 0.258 e. The van der Waals surface area contributed by atoms with Gasteiger partial charge < -0.3 is 15.0 Å². The second-order valence-corrected chi connectivity index (χ2v) is 6.07. The van der Waals surface area contributed by atoms with Gasteiger partial charge in [0.2, 0.25) is 0 Å². The number of aliphatic hydroxyl groups is 1. The van der Waals surface area contributed by atoms with Crippen molar-refractivity contribution in [3.8, 4) is 0 Å². The van der Waals surface area contributed by atoms with Gasteiger partial charge in [-0.3, -0.25) is 9.78 Å². The molecule has 0 fully saturated rings. The number of nitrogens with one attached hydrogen (secondary N) is 1. The number of hydrogen-bond donors (Lipinski definition) is 2. The molecular formula is C18H16ClFN4O2. The number of nitrogens with zero attached hydrogens (tertiary/aromatic N) is 3. The third-order valence-corrected chi connectivity index (χ3v) is 3.98. The van der Waals surface area contributed by atoms with Gasteiger partial charge in [-0.1, -0.05) is 23.7 Å². The number of aliphatic hydroxyl groups excluding tert-OH is 1. The van der Waals surface area contributed by atoms with Crippen molar-refractivity contribution in [2.75, 3.05) is 5.32 Å². The number of amides is 1. The Balaban J connectivity index is 1.69.